The molecule has 56 valence electrons. The Labute approximate surface area is 63.8 Å². The first kappa shape index (κ1) is 7.74. The van der Waals surface area contributed by atoms with Gasteiger partial charge in [0.05, 0.1) is 6.20 Å². The Morgan fingerprint density at radius 1 is 1.80 bits per heavy atom. The van der Waals surface area contributed by atoms with Gasteiger partial charge in [0.1, 0.15) is 0 Å². The van der Waals surface area contributed by atoms with Crippen LogP contribution in [0.1, 0.15) is 12.5 Å². The van der Waals surface area contributed by atoms with Gasteiger partial charge in [0.15, 0.2) is 0 Å². The standard InChI is InChI=1S/C7H13N2P/c1-6-3-8-9(4-6)5-7(2)10/h3-4,7H,5,10H2,1-2H3. The van der Waals surface area contributed by atoms with E-state index >= 15 is 0 Å². The molecule has 0 bridgehead atoms. The molecule has 0 aromatic carbocycles. The maximum Gasteiger partial charge on any atom is 0.0518 e. The lowest BCUT2D eigenvalue weighted by atomic mass is 10.4. The van der Waals surface area contributed by atoms with Crippen LogP contribution in [-0.4, -0.2) is 15.4 Å². The predicted octanol–water partition coefficient (Wildman–Crippen LogP) is 1.46. The molecule has 2 unspecified atom stereocenters. The fraction of sp³-hybridized carbons (Fsp3) is 0.571. The Bertz CT molecular complexity index is 205. The van der Waals surface area contributed by atoms with Crippen molar-refractivity contribution >= 4 is 9.24 Å². The van der Waals surface area contributed by atoms with Crippen LogP contribution < -0.4 is 0 Å². The second-order valence-electron chi connectivity index (χ2n) is 2.72. The summed E-state index contributed by atoms with van der Waals surface area (Å²) in [5.41, 5.74) is 1.82. The van der Waals surface area contributed by atoms with Gasteiger partial charge in [-0.1, -0.05) is 6.92 Å². The zero-order chi connectivity index (χ0) is 7.56. The zero-order valence-electron chi connectivity index (χ0n) is 6.41. The summed E-state index contributed by atoms with van der Waals surface area (Å²) < 4.78 is 1.97. The Kier molecular flexibility index (Phi) is 2.44. The lowest BCUT2D eigenvalue weighted by Crippen LogP contribution is -2.05. The first-order valence-corrected chi connectivity index (χ1v) is 4.10. The molecule has 0 fully saturated rings. The number of rotatable bonds is 2. The Balaban J connectivity index is 2.58. The summed E-state index contributed by atoms with van der Waals surface area (Å²) in [6.45, 7) is 5.19. The fourth-order valence-corrected chi connectivity index (χ4v) is 1.08. The molecule has 0 aliphatic carbocycles. The Hall–Kier alpha value is -0.360. The van der Waals surface area contributed by atoms with E-state index in [0.29, 0.717) is 5.66 Å². The summed E-state index contributed by atoms with van der Waals surface area (Å²) >= 11 is 0. The van der Waals surface area contributed by atoms with Crippen molar-refractivity contribution in [2.45, 2.75) is 26.1 Å². The van der Waals surface area contributed by atoms with Crippen molar-refractivity contribution in [3.8, 4) is 0 Å². The average molecular weight is 156 g/mol. The van der Waals surface area contributed by atoms with Crippen molar-refractivity contribution in [1.82, 2.24) is 9.78 Å². The van der Waals surface area contributed by atoms with Crippen molar-refractivity contribution in [1.29, 1.82) is 0 Å². The molecule has 1 heterocycles. The third kappa shape index (κ3) is 2.11. The monoisotopic (exact) mass is 156 g/mol. The quantitative estimate of drug-likeness (QED) is 0.592. The lowest BCUT2D eigenvalue weighted by molar-refractivity contribution is 0.612. The van der Waals surface area contributed by atoms with Gasteiger partial charge in [-0.15, -0.1) is 9.24 Å². The molecule has 1 aromatic rings. The minimum Gasteiger partial charge on any atom is -0.272 e. The zero-order valence-corrected chi connectivity index (χ0v) is 7.57. The first-order chi connectivity index (χ1) is 4.68. The highest BCUT2D eigenvalue weighted by Crippen LogP contribution is 2.02. The van der Waals surface area contributed by atoms with E-state index < -0.39 is 0 Å². The van der Waals surface area contributed by atoms with Crippen molar-refractivity contribution in [3.05, 3.63) is 18.0 Å². The van der Waals surface area contributed by atoms with E-state index in [1.165, 1.54) is 5.56 Å². The molecule has 2 nitrogen and oxygen atoms in total. The minimum atomic E-state index is 0.597. The third-order valence-corrected chi connectivity index (χ3v) is 1.45. The molecule has 1 rings (SSSR count). The van der Waals surface area contributed by atoms with Gasteiger partial charge in [-0.05, 0) is 18.1 Å². The van der Waals surface area contributed by atoms with E-state index in [0.717, 1.165) is 6.54 Å². The van der Waals surface area contributed by atoms with Crippen molar-refractivity contribution in [2.75, 3.05) is 0 Å². The Morgan fingerprint density at radius 2 is 2.50 bits per heavy atom. The average Bonchev–Trinajstić information content (AvgIpc) is 2.13. The number of hydrogen-bond donors (Lipinski definition) is 0. The van der Waals surface area contributed by atoms with Gasteiger partial charge in [0, 0.05) is 12.7 Å². The highest BCUT2D eigenvalue weighted by Gasteiger charge is 1.96. The summed E-state index contributed by atoms with van der Waals surface area (Å²) in [5.74, 6) is 0. The highest BCUT2D eigenvalue weighted by atomic mass is 31.0. The molecule has 10 heavy (non-hydrogen) atoms. The van der Waals surface area contributed by atoms with Gasteiger partial charge in [-0.2, -0.15) is 5.10 Å². The van der Waals surface area contributed by atoms with E-state index in [1.807, 2.05) is 10.9 Å². The van der Waals surface area contributed by atoms with E-state index in [1.54, 1.807) is 0 Å². The third-order valence-electron chi connectivity index (χ3n) is 1.24. The van der Waals surface area contributed by atoms with Crippen LogP contribution in [0.5, 0.6) is 0 Å². The smallest absolute Gasteiger partial charge is 0.0518 e. The molecular formula is C7H13N2P. The largest absolute Gasteiger partial charge is 0.272 e. The van der Waals surface area contributed by atoms with Crippen LogP contribution in [0.2, 0.25) is 0 Å². The maximum atomic E-state index is 4.16. The molecule has 1 aromatic heterocycles. The van der Waals surface area contributed by atoms with Gasteiger partial charge in [-0.25, -0.2) is 0 Å². The highest BCUT2D eigenvalue weighted by molar-refractivity contribution is 7.17. The van der Waals surface area contributed by atoms with Crippen LogP contribution in [0.3, 0.4) is 0 Å². The normalized spacial score (nSPS) is 13.5. The van der Waals surface area contributed by atoms with Gasteiger partial charge in [0.25, 0.3) is 0 Å². The molecule has 0 N–H and O–H groups in total. The van der Waals surface area contributed by atoms with Crippen LogP contribution >= 0.6 is 9.24 Å². The number of hydrogen-bond acceptors (Lipinski definition) is 1. The lowest BCUT2D eigenvalue weighted by Gasteiger charge is -2.02. The van der Waals surface area contributed by atoms with Gasteiger partial charge in [-0.3, -0.25) is 4.68 Å². The van der Waals surface area contributed by atoms with Crippen LogP contribution in [-0.2, 0) is 6.54 Å². The second kappa shape index (κ2) is 3.16. The van der Waals surface area contributed by atoms with E-state index in [4.69, 9.17) is 0 Å². The second-order valence-corrected chi connectivity index (χ2v) is 3.86. The minimum absolute atomic E-state index is 0.597. The summed E-state index contributed by atoms with van der Waals surface area (Å²) in [7, 11) is 2.76. The molecule has 0 radical (unpaired) electrons. The van der Waals surface area contributed by atoms with Crippen LogP contribution in [0, 0.1) is 6.92 Å². The predicted molar refractivity (Wildman–Crippen MR) is 46.1 cm³/mol. The van der Waals surface area contributed by atoms with Gasteiger partial charge < -0.3 is 0 Å². The molecule has 2 atom stereocenters. The molecule has 0 aliphatic rings. The molecule has 0 saturated heterocycles. The van der Waals surface area contributed by atoms with Crippen LogP contribution in [0.15, 0.2) is 12.4 Å². The topological polar surface area (TPSA) is 17.8 Å². The fourth-order valence-electron chi connectivity index (χ4n) is 0.862. The van der Waals surface area contributed by atoms with E-state index in [2.05, 4.69) is 34.4 Å². The molecule has 3 heteroatoms. The number of aromatic nitrogens is 2. The van der Waals surface area contributed by atoms with Crippen molar-refractivity contribution in [3.63, 3.8) is 0 Å². The SMILES string of the molecule is Cc1cnn(CC(C)P)c1. The first-order valence-electron chi connectivity index (χ1n) is 3.43. The summed E-state index contributed by atoms with van der Waals surface area (Å²) in [6.07, 6.45) is 3.94. The molecule has 0 spiro atoms. The van der Waals surface area contributed by atoms with Gasteiger partial charge in [0.2, 0.25) is 0 Å². The van der Waals surface area contributed by atoms with Gasteiger partial charge >= 0.3 is 0 Å². The molecule has 0 amide bonds. The molecule has 0 aliphatic heterocycles. The molecule has 0 saturated carbocycles. The summed E-state index contributed by atoms with van der Waals surface area (Å²) in [6, 6.07) is 0. The Morgan fingerprint density at radius 3 is 2.90 bits per heavy atom. The summed E-state index contributed by atoms with van der Waals surface area (Å²) in [4.78, 5) is 0. The molecular weight excluding hydrogens is 143 g/mol. The van der Waals surface area contributed by atoms with E-state index in [9.17, 15) is 0 Å². The number of nitrogens with zero attached hydrogens (tertiary/aromatic N) is 2. The van der Waals surface area contributed by atoms with Crippen LogP contribution in [0.4, 0.5) is 0 Å². The maximum absolute atomic E-state index is 4.16. The van der Waals surface area contributed by atoms with Crippen LogP contribution in [0.25, 0.3) is 0 Å². The number of aryl methyl sites for hydroxylation is 1. The van der Waals surface area contributed by atoms with E-state index in [-0.39, 0.29) is 0 Å². The summed E-state index contributed by atoms with van der Waals surface area (Å²) in [5, 5.41) is 4.16. The van der Waals surface area contributed by atoms with Crippen molar-refractivity contribution < 1.29 is 0 Å². The van der Waals surface area contributed by atoms with Crippen molar-refractivity contribution in [2.24, 2.45) is 0 Å².